The first-order valence-electron chi connectivity index (χ1n) is 6.36. The molecule has 0 spiro atoms. The van der Waals surface area contributed by atoms with Crippen LogP contribution in [0.5, 0.6) is 0 Å². The molecule has 0 unspecified atom stereocenters. The van der Waals surface area contributed by atoms with Gasteiger partial charge in [0.2, 0.25) is 0 Å². The van der Waals surface area contributed by atoms with E-state index in [0.29, 0.717) is 6.54 Å². The van der Waals surface area contributed by atoms with Crippen molar-refractivity contribution in [3.05, 3.63) is 29.3 Å². The van der Waals surface area contributed by atoms with E-state index in [-0.39, 0.29) is 0 Å². The molecule has 17 heavy (non-hydrogen) atoms. The van der Waals surface area contributed by atoms with E-state index in [9.17, 15) is 0 Å². The summed E-state index contributed by atoms with van der Waals surface area (Å²) in [6.07, 6.45) is 0. The van der Waals surface area contributed by atoms with Gasteiger partial charge in [-0.2, -0.15) is 0 Å². The summed E-state index contributed by atoms with van der Waals surface area (Å²) in [5.74, 6) is 1.16. The van der Waals surface area contributed by atoms with Crippen molar-refractivity contribution >= 4 is 11.8 Å². The lowest BCUT2D eigenvalue weighted by Gasteiger charge is -2.17. The van der Waals surface area contributed by atoms with Crippen LogP contribution in [0, 0.1) is 6.92 Å². The second-order valence-corrected chi connectivity index (χ2v) is 5.34. The van der Waals surface area contributed by atoms with E-state index in [1.807, 2.05) is 11.8 Å². The van der Waals surface area contributed by atoms with Crippen molar-refractivity contribution in [2.24, 2.45) is 5.73 Å². The summed E-state index contributed by atoms with van der Waals surface area (Å²) in [4.78, 5) is 3.81. The summed E-state index contributed by atoms with van der Waals surface area (Å²) in [5, 5.41) is 0. The van der Waals surface area contributed by atoms with E-state index in [1.54, 1.807) is 0 Å². The molecule has 0 aliphatic heterocycles. The highest BCUT2D eigenvalue weighted by atomic mass is 32.2. The second-order valence-electron chi connectivity index (χ2n) is 4.17. The maximum absolute atomic E-state index is 5.66. The second kappa shape index (κ2) is 7.75. The van der Waals surface area contributed by atoms with Gasteiger partial charge in [-0.05, 0) is 43.3 Å². The Bertz CT molecular complexity index is 335. The van der Waals surface area contributed by atoms with Crippen LogP contribution in [0.1, 0.15) is 25.0 Å². The van der Waals surface area contributed by atoms with Gasteiger partial charge in [0.05, 0.1) is 0 Å². The van der Waals surface area contributed by atoms with E-state index in [4.69, 9.17) is 5.73 Å². The van der Waals surface area contributed by atoms with Gasteiger partial charge in [-0.1, -0.05) is 19.9 Å². The van der Waals surface area contributed by atoms with Crippen LogP contribution >= 0.6 is 11.8 Å². The monoisotopic (exact) mass is 252 g/mol. The normalized spacial score (nSPS) is 11.1. The summed E-state index contributed by atoms with van der Waals surface area (Å²) in [6, 6.07) is 6.58. The maximum Gasteiger partial charge on any atom is 0.0180 e. The van der Waals surface area contributed by atoms with Gasteiger partial charge in [-0.15, -0.1) is 11.8 Å². The molecule has 1 aromatic carbocycles. The summed E-state index contributed by atoms with van der Waals surface area (Å²) in [7, 11) is 0. The van der Waals surface area contributed by atoms with Crippen LogP contribution in [0.25, 0.3) is 0 Å². The van der Waals surface area contributed by atoms with Crippen molar-refractivity contribution in [2.45, 2.75) is 32.2 Å². The molecular formula is C14H24N2S. The van der Waals surface area contributed by atoms with Gasteiger partial charge in [-0.25, -0.2) is 0 Å². The average molecular weight is 252 g/mol. The van der Waals surface area contributed by atoms with Gasteiger partial charge >= 0.3 is 0 Å². The molecule has 0 saturated carbocycles. The number of thioether (sulfide) groups is 1. The van der Waals surface area contributed by atoms with Crippen LogP contribution in [0.4, 0.5) is 0 Å². The highest BCUT2D eigenvalue weighted by Gasteiger charge is 2.01. The van der Waals surface area contributed by atoms with E-state index >= 15 is 0 Å². The first-order valence-corrected chi connectivity index (χ1v) is 7.34. The Morgan fingerprint density at radius 2 is 1.94 bits per heavy atom. The van der Waals surface area contributed by atoms with Crippen LogP contribution in [-0.4, -0.2) is 30.3 Å². The van der Waals surface area contributed by atoms with Crippen molar-refractivity contribution in [1.29, 1.82) is 0 Å². The van der Waals surface area contributed by atoms with E-state index in [0.717, 1.165) is 25.4 Å². The largest absolute Gasteiger partial charge is 0.326 e. The lowest BCUT2D eigenvalue weighted by Crippen LogP contribution is -2.25. The molecule has 1 aromatic rings. The predicted molar refractivity (Wildman–Crippen MR) is 77.6 cm³/mol. The van der Waals surface area contributed by atoms with E-state index in [2.05, 4.69) is 43.9 Å². The molecular weight excluding hydrogens is 228 g/mol. The fourth-order valence-corrected chi connectivity index (χ4v) is 2.83. The highest BCUT2D eigenvalue weighted by Crippen LogP contribution is 2.21. The Hall–Kier alpha value is -0.510. The molecule has 0 radical (unpaired) electrons. The molecule has 0 fully saturated rings. The molecule has 3 heteroatoms. The molecule has 2 nitrogen and oxygen atoms in total. The van der Waals surface area contributed by atoms with Gasteiger partial charge in [0.1, 0.15) is 0 Å². The molecule has 0 aromatic heterocycles. The van der Waals surface area contributed by atoms with Crippen LogP contribution in [0.3, 0.4) is 0 Å². The SMILES string of the molecule is CCN(CC)CCSc1ccc(CN)c(C)c1. The summed E-state index contributed by atoms with van der Waals surface area (Å²) >= 11 is 1.93. The number of nitrogens with zero attached hydrogens (tertiary/aromatic N) is 1. The topological polar surface area (TPSA) is 29.3 Å². The Balaban J connectivity index is 2.44. The minimum atomic E-state index is 0.635. The van der Waals surface area contributed by atoms with Crippen molar-refractivity contribution in [3.63, 3.8) is 0 Å². The molecule has 2 N–H and O–H groups in total. The zero-order chi connectivity index (χ0) is 12.7. The van der Waals surface area contributed by atoms with Gasteiger partial charge in [0, 0.05) is 23.7 Å². The molecule has 1 rings (SSSR count). The lowest BCUT2D eigenvalue weighted by molar-refractivity contribution is 0.324. The number of rotatable bonds is 7. The van der Waals surface area contributed by atoms with Crippen LogP contribution in [0.15, 0.2) is 23.1 Å². The summed E-state index contributed by atoms with van der Waals surface area (Å²) in [6.45, 7) is 10.6. The summed E-state index contributed by atoms with van der Waals surface area (Å²) < 4.78 is 0. The third kappa shape index (κ3) is 4.70. The first kappa shape index (κ1) is 14.6. The molecule has 0 aliphatic carbocycles. The Morgan fingerprint density at radius 1 is 1.24 bits per heavy atom. The minimum Gasteiger partial charge on any atom is -0.326 e. The molecule has 0 bridgehead atoms. The van der Waals surface area contributed by atoms with Crippen molar-refractivity contribution in [3.8, 4) is 0 Å². The third-order valence-corrected chi connectivity index (χ3v) is 4.08. The number of nitrogens with two attached hydrogens (primary N) is 1. The zero-order valence-electron chi connectivity index (χ0n) is 11.2. The van der Waals surface area contributed by atoms with Gasteiger partial charge < -0.3 is 10.6 Å². The highest BCUT2D eigenvalue weighted by molar-refractivity contribution is 7.99. The molecule has 96 valence electrons. The van der Waals surface area contributed by atoms with E-state index < -0.39 is 0 Å². The maximum atomic E-state index is 5.66. The predicted octanol–water partition coefficient (Wildman–Crippen LogP) is 2.89. The number of aryl methyl sites for hydroxylation is 1. The Kier molecular flexibility index (Phi) is 6.63. The fourth-order valence-electron chi connectivity index (χ4n) is 1.82. The lowest BCUT2D eigenvalue weighted by atomic mass is 10.1. The van der Waals surface area contributed by atoms with Crippen molar-refractivity contribution in [1.82, 2.24) is 4.90 Å². The molecule has 0 atom stereocenters. The van der Waals surface area contributed by atoms with Crippen molar-refractivity contribution in [2.75, 3.05) is 25.4 Å². The number of hydrogen-bond acceptors (Lipinski definition) is 3. The van der Waals surface area contributed by atoms with Gasteiger partial charge in [0.15, 0.2) is 0 Å². The minimum absolute atomic E-state index is 0.635. The summed E-state index contributed by atoms with van der Waals surface area (Å²) in [5.41, 5.74) is 8.22. The Labute approximate surface area is 110 Å². The third-order valence-electron chi connectivity index (χ3n) is 3.10. The number of benzene rings is 1. The van der Waals surface area contributed by atoms with Crippen LogP contribution < -0.4 is 5.73 Å². The number of hydrogen-bond donors (Lipinski definition) is 1. The van der Waals surface area contributed by atoms with Crippen LogP contribution in [-0.2, 0) is 6.54 Å². The zero-order valence-corrected chi connectivity index (χ0v) is 12.0. The fraction of sp³-hybridized carbons (Fsp3) is 0.571. The van der Waals surface area contributed by atoms with E-state index in [1.165, 1.54) is 16.0 Å². The molecule has 0 saturated heterocycles. The average Bonchev–Trinajstić information content (AvgIpc) is 2.35. The molecule has 0 heterocycles. The quantitative estimate of drug-likeness (QED) is 0.757. The van der Waals surface area contributed by atoms with Gasteiger partial charge in [-0.3, -0.25) is 0 Å². The smallest absolute Gasteiger partial charge is 0.0180 e. The van der Waals surface area contributed by atoms with Crippen molar-refractivity contribution < 1.29 is 0 Å². The van der Waals surface area contributed by atoms with Crippen LogP contribution in [0.2, 0.25) is 0 Å². The first-order chi connectivity index (χ1) is 8.21. The standard InChI is InChI=1S/C14H24N2S/c1-4-16(5-2)8-9-17-14-7-6-13(11-15)12(3)10-14/h6-7,10H,4-5,8-9,11,15H2,1-3H3. The van der Waals surface area contributed by atoms with Gasteiger partial charge in [0.25, 0.3) is 0 Å². The Morgan fingerprint density at radius 3 is 2.47 bits per heavy atom. The molecule has 0 amide bonds. The molecule has 0 aliphatic rings.